The fourth-order valence-corrected chi connectivity index (χ4v) is 4.87. The van der Waals surface area contributed by atoms with Crippen LogP contribution in [-0.2, 0) is 4.74 Å². The van der Waals surface area contributed by atoms with E-state index in [1.54, 1.807) is 6.92 Å². The lowest BCUT2D eigenvalue weighted by Gasteiger charge is -2.19. The standard InChI is InChI=1S/C20H15ClFNO3S/c1-2-26-20(25)17-18(24)12-8-14(22)13(21)9-15(12)23-16(10-27-19(17)23)11-6-4-3-5-7-11/h3-9,16H,2,10H2,1H3. The smallest absolute Gasteiger partial charge is 0.344 e. The van der Waals surface area contributed by atoms with Crippen molar-refractivity contribution in [1.29, 1.82) is 0 Å². The highest BCUT2D eigenvalue weighted by atomic mass is 35.5. The maximum absolute atomic E-state index is 14.1. The summed E-state index contributed by atoms with van der Waals surface area (Å²) >= 11 is 7.41. The van der Waals surface area contributed by atoms with E-state index in [0.29, 0.717) is 16.3 Å². The molecule has 7 heteroatoms. The maximum Gasteiger partial charge on any atom is 0.344 e. The van der Waals surface area contributed by atoms with E-state index in [0.717, 1.165) is 11.6 Å². The Morgan fingerprint density at radius 1 is 1.33 bits per heavy atom. The number of hydrogen-bond donors (Lipinski definition) is 0. The van der Waals surface area contributed by atoms with E-state index in [2.05, 4.69) is 0 Å². The largest absolute Gasteiger partial charge is 0.462 e. The highest BCUT2D eigenvalue weighted by Crippen LogP contribution is 2.41. The number of nitrogens with zero attached hydrogens (tertiary/aromatic N) is 1. The molecule has 2 aromatic carbocycles. The van der Waals surface area contributed by atoms with Crippen LogP contribution in [0.2, 0.25) is 5.02 Å². The molecule has 4 nitrogen and oxygen atoms in total. The van der Waals surface area contributed by atoms with E-state index in [-0.39, 0.29) is 28.6 Å². The molecule has 4 rings (SSSR count). The van der Waals surface area contributed by atoms with E-state index >= 15 is 0 Å². The third-order valence-corrected chi connectivity index (χ3v) is 6.00. The average molecular weight is 404 g/mol. The van der Waals surface area contributed by atoms with Crippen molar-refractivity contribution in [3.8, 4) is 0 Å². The second-order valence-corrected chi connectivity index (χ2v) is 7.54. The molecule has 0 fully saturated rings. The van der Waals surface area contributed by atoms with E-state index < -0.39 is 17.2 Å². The Morgan fingerprint density at radius 3 is 2.78 bits per heavy atom. The molecule has 27 heavy (non-hydrogen) atoms. The van der Waals surface area contributed by atoms with Gasteiger partial charge in [-0.2, -0.15) is 0 Å². The Hall–Kier alpha value is -2.31. The number of fused-ring (bicyclic) bond motifs is 3. The topological polar surface area (TPSA) is 48.3 Å². The van der Waals surface area contributed by atoms with Crippen LogP contribution >= 0.6 is 23.4 Å². The second-order valence-electron chi connectivity index (χ2n) is 6.12. The van der Waals surface area contributed by atoms with Crippen LogP contribution in [0.15, 0.2) is 52.3 Å². The van der Waals surface area contributed by atoms with Crippen molar-refractivity contribution in [1.82, 2.24) is 4.57 Å². The number of aromatic nitrogens is 1. The average Bonchev–Trinajstić information content (AvgIpc) is 3.09. The molecular weight excluding hydrogens is 389 g/mol. The molecule has 1 aliphatic rings. The van der Waals surface area contributed by atoms with Gasteiger partial charge in [-0.3, -0.25) is 4.79 Å². The number of carbonyl (C=O) groups excluding carboxylic acids is 1. The van der Waals surface area contributed by atoms with Crippen LogP contribution in [-0.4, -0.2) is 22.9 Å². The van der Waals surface area contributed by atoms with Crippen LogP contribution in [0, 0.1) is 5.82 Å². The molecule has 3 aromatic rings. The van der Waals surface area contributed by atoms with E-state index in [1.807, 2.05) is 34.9 Å². The molecule has 0 aliphatic carbocycles. The summed E-state index contributed by atoms with van der Waals surface area (Å²) < 4.78 is 21.1. The van der Waals surface area contributed by atoms with Gasteiger partial charge in [0, 0.05) is 11.1 Å². The summed E-state index contributed by atoms with van der Waals surface area (Å²) in [5.74, 6) is -0.743. The SMILES string of the molecule is CCOC(=O)c1c2n(c3cc(Cl)c(F)cc3c1=O)C(c1ccccc1)CS2. The molecule has 0 bridgehead atoms. The van der Waals surface area contributed by atoms with Gasteiger partial charge >= 0.3 is 5.97 Å². The molecule has 0 saturated carbocycles. The normalized spacial score (nSPS) is 15.7. The zero-order valence-electron chi connectivity index (χ0n) is 14.4. The third kappa shape index (κ3) is 2.93. The predicted octanol–water partition coefficient (Wildman–Crippen LogP) is 4.67. The third-order valence-electron chi connectivity index (χ3n) is 4.56. The number of carbonyl (C=O) groups is 1. The minimum Gasteiger partial charge on any atom is -0.462 e. The second kappa shape index (κ2) is 7.02. The van der Waals surface area contributed by atoms with Crippen molar-refractivity contribution in [2.45, 2.75) is 18.0 Å². The number of thioether (sulfide) groups is 1. The van der Waals surface area contributed by atoms with E-state index in [9.17, 15) is 14.0 Å². The minimum atomic E-state index is -0.696. The monoisotopic (exact) mass is 403 g/mol. The molecule has 0 saturated heterocycles. The highest BCUT2D eigenvalue weighted by Gasteiger charge is 2.33. The molecule has 1 atom stereocenters. The number of ether oxygens (including phenoxy) is 1. The molecule has 138 valence electrons. The van der Waals surface area contributed by atoms with Crippen LogP contribution in [0.5, 0.6) is 0 Å². The summed E-state index contributed by atoms with van der Waals surface area (Å²) in [6, 6.07) is 12.2. The number of halogens is 2. The van der Waals surface area contributed by atoms with Gasteiger partial charge in [0.2, 0.25) is 5.43 Å². The lowest BCUT2D eigenvalue weighted by Crippen LogP contribution is -2.23. The molecule has 2 heterocycles. The lowest BCUT2D eigenvalue weighted by molar-refractivity contribution is 0.0519. The molecule has 1 aromatic heterocycles. The summed E-state index contributed by atoms with van der Waals surface area (Å²) in [5, 5.41) is 0.582. The Bertz CT molecular complexity index is 1110. The first-order valence-corrected chi connectivity index (χ1v) is 9.81. The predicted molar refractivity (Wildman–Crippen MR) is 104 cm³/mol. The zero-order chi connectivity index (χ0) is 19.1. The molecule has 0 radical (unpaired) electrons. The first kappa shape index (κ1) is 18.1. The highest BCUT2D eigenvalue weighted by molar-refractivity contribution is 7.99. The van der Waals surface area contributed by atoms with Gasteiger partial charge in [-0.25, -0.2) is 9.18 Å². The summed E-state index contributed by atoms with van der Waals surface area (Å²) in [6.07, 6.45) is 0. The fourth-order valence-electron chi connectivity index (χ4n) is 3.37. The molecular formula is C20H15ClFNO3S. The minimum absolute atomic E-state index is 0.0468. The lowest BCUT2D eigenvalue weighted by atomic mass is 10.1. The van der Waals surface area contributed by atoms with Crippen LogP contribution in [0.25, 0.3) is 10.9 Å². The first-order chi connectivity index (χ1) is 13.0. The van der Waals surface area contributed by atoms with Gasteiger partial charge in [0.1, 0.15) is 11.4 Å². The summed E-state index contributed by atoms with van der Waals surface area (Å²) in [4.78, 5) is 25.5. The van der Waals surface area contributed by atoms with Gasteiger partial charge in [-0.15, -0.1) is 11.8 Å². The van der Waals surface area contributed by atoms with Crippen LogP contribution < -0.4 is 5.43 Å². The van der Waals surface area contributed by atoms with Crippen molar-refractivity contribution < 1.29 is 13.9 Å². The Kier molecular flexibility index (Phi) is 4.70. The number of hydrogen-bond acceptors (Lipinski definition) is 4. The van der Waals surface area contributed by atoms with Crippen molar-refractivity contribution >= 4 is 40.2 Å². The van der Waals surface area contributed by atoms with Gasteiger partial charge in [-0.05, 0) is 24.6 Å². The van der Waals surface area contributed by atoms with Crippen LogP contribution in [0.1, 0.15) is 28.9 Å². The van der Waals surface area contributed by atoms with Gasteiger partial charge in [-0.1, -0.05) is 41.9 Å². The summed E-state index contributed by atoms with van der Waals surface area (Å²) in [5.41, 5.74) is 0.957. The summed E-state index contributed by atoms with van der Waals surface area (Å²) in [7, 11) is 0. The van der Waals surface area contributed by atoms with E-state index in [4.69, 9.17) is 16.3 Å². The first-order valence-electron chi connectivity index (χ1n) is 8.45. The van der Waals surface area contributed by atoms with E-state index in [1.165, 1.54) is 17.8 Å². The van der Waals surface area contributed by atoms with Crippen molar-refractivity contribution in [2.75, 3.05) is 12.4 Å². The fraction of sp³-hybridized carbons (Fsp3) is 0.200. The Morgan fingerprint density at radius 2 is 2.07 bits per heavy atom. The summed E-state index contributed by atoms with van der Waals surface area (Å²) in [6.45, 7) is 1.83. The molecule has 0 N–H and O–H groups in total. The van der Waals surface area contributed by atoms with Gasteiger partial charge in [0.15, 0.2) is 0 Å². The molecule has 1 aliphatic heterocycles. The maximum atomic E-state index is 14.1. The molecule has 1 unspecified atom stereocenters. The van der Waals surface area contributed by atoms with Crippen molar-refractivity contribution in [3.63, 3.8) is 0 Å². The Labute approximate surface area is 163 Å². The van der Waals surface area contributed by atoms with Crippen LogP contribution in [0.3, 0.4) is 0 Å². The van der Waals surface area contributed by atoms with Gasteiger partial charge in [0.05, 0.1) is 28.2 Å². The number of rotatable bonds is 3. The quantitative estimate of drug-likeness (QED) is 0.596. The Balaban J connectivity index is 2.08. The number of pyridine rings is 1. The van der Waals surface area contributed by atoms with Crippen molar-refractivity contribution in [3.05, 3.63) is 74.7 Å². The number of esters is 1. The zero-order valence-corrected chi connectivity index (χ0v) is 15.9. The van der Waals surface area contributed by atoms with Crippen LogP contribution in [0.4, 0.5) is 4.39 Å². The number of benzene rings is 2. The van der Waals surface area contributed by atoms with Gasteiger partial charge in [0.25, 0.3) is 0 Å². The van der Waals surface area contributed by atoms with Crippen molar-refractivity contribution in [2.24, 2.45) is 0 Å². The van der Waals surface area contributed by atoms with Gasteiger partial charge < -0.3 is 9.30 Å². The molecule has 0 amide bonds. The molecule has 0 spiro atoms.